The average molecular weight is 815 g/mol. The highest BCUT2D eigenvalue weighted by atomic mass is 16.3. The zero-order chi connectivity index (χ0) is 42.9. The van der Waals surface area contributed by atoms with Crippen LogP contribution in [0.4, 0.5) is 0 Å². The number of fused-ring (bicyclic) bond motifs is 9. The lowest BCUT2D eigenvalue weighted by Crippen LogP contribution is -2.28. The van der Waals surface area contributed by atoms with Crippen LogP contribution >= 0.6 is 0 Å². The Labute approximate surface area is 367 Å². The predicted molar refractivity (Wildman–Crippen MR) is 262 cm³/mol. The quantitative estimate of drug-likeness (QED) is 0.122. The SMILES string of the molecule is Cc1ccc2c(c1)oc1ccc(-c3ccccc3)cc12.N=C(N)n1c2ccccc2c2cc3c(cc21)C(c1ccccc1)(c1ccccc1)c1ccccc1-3.NCc1ccccc1. The Morgan fingerprint density at radius 3 is 1.78 bits per heavy atom. The van der Waals surface area contributed by atoms with Gasteiger partial charge in [0, 0.05) is 28.1 Å². The first kappa shape index (κ1) is 39.2. The van der Waals surface area contributed by atoms with Crippen LogP contribution < -0.4 is 11.5 Å². The number of hydrogen-bond acceptors (Lipinski definition) is 3. The molecule has 0 fully saturated rings. The van der Waals surface area contributed by atoms with E-state index < -0.39 is 5.41 Å². The number of rotatable bonds is 4. The number of hydrogen-bond donors (Lipinski definition) is 3. The third-order valence-electron chi connectivity index (χ3n) is 12.3. The summed E-state index contributed by atoms with van der Waals surface area (Å²) in [6.07, 6.45) is 0. The van der Waals surface area contributed by atoms with Crippen molar-refractivity contribution >= 4 is 49.7 Å². The molecule has 0 aliphatic heterocycles. The van der Waals surface area contributed by atoms with E-state index in [1.807, 2.05) is 59.2 Å². The normalized spacial score (nSPS) is 12.3. The van der Waals surface area contributed by atoms with Crippen LogP contribution in [0.3, 0.4) is 0 Å². The van der Waals surface area contributed by atoms with Crippen molar-refractivity contribution in [1.29, 1.82) is 5.41 Å². The van der Waals surface area contributed by atoms with Crippen LogP contribution in [-0.2, 0) is 12.0 Å². The summed E-state index contributed by atoms with van der Waals surface area (Å²) in [6.45, 7) is 2.73. The van der Waals surface area contributed by atoms with Crippen molar-refractivity contribution in [3.8, 4) is 22.3 Å². The second kappa shape index (κ2) is 16.5. The average Bonchev–Trinajstić information content (AvgIpc) is 3.97. The van der Waals surface area contributed by atoms with Gasteiger partial charge < -0.3 is 15.9 Å². The molecule has 0 unspecified atom stereocenters. The number of nitrogens with zero attached hydrogens (tertiary/aromatic N) is 1. The molecule has 1 aliphatic rings. The van der Waals surface area contributed by atoms with Crippen LogP contribution in [0.2, 0.25) is 0 Å². The molecule has 304 valence electrons. The molecule has 11 aromatic rings. The highest BCUT2D eigenvalue weighted by Crippen LogP contribution is 2.57. The maximum Gasteiger partial charge on any atom is 0.197 e. The van der Waals surface area contributed by atoms with E-state index >= 15 is 0 Å². The molecular formula is C58H46N4O. The minimum atomic E-state index is -0.472. The zero-order valence-corrected chi connectivity index (χ0v) is 35.0. The van der Waals surface area contributed by atoms with Gasteiger partial charge in [-0.15, -0.1) is 0 Å². The molecule has 0 radical (unpaired) electrons. The van der Waals surface area contributed by atoms with Crippen LogP contribution in [0.15, 0.2) is 223 Å². The van der Waals surface area contributed by atoms with Crippen molar-refractivity contribution in [3.05, 3.63) is 252 Å². The van der Waals surface area contributed by atoms with Gasteiger partial charge in [0.15, 0.2) is 5.96 Å². The van der Waals surface area contributed by atoms with E-state index in [-0.39, 0.29) is 5.96 Å². The fourth-order valence-electron chi connectivity index (χ4n) is 9.47. The Morgan fingerprint density at radius 2 is 1.11 bits per heavy atom. The molecule has 2 heterocycles. The molecule has 5 N–H and O–H groups in total. The number of aromatic nitrogens is 1. The maximum atomic E-state index is 8.41. The van der Waals surface area contributed by atoms with Crippen LogP contribution in [0.25, 0.3) is 66.0 Å². The summed E-state index contributed by atoms with van der Waals surface area (Å²) in [4.78, 5) is 0. The first-order valence-electron chi connectivity index (χ1n) is 21.3. The van der Waals surface area contributed by atoms with Crippen molar-refractivity contribution in [2.45, 2.75) is 18.9 Å². The lowest BCUT2D eigenvalue weighted by molar-refractivity contribution is 0.668. The number of nitrogens with two attached hydrogens (primary N) is 2. The lowest BCUT2D eigenvalue weighted by Gasteiger charge is -2.34. The second-order valence-corrected chi connectivity index (χ2v) is 16.0. The minimum Gasteiger partial charge on any atom is -0.456 e. The minimum absolute atomic E-state index is 0.0247. The Hall–Kier alpha value is -7.99. The zero-order valence-electron chi connectivity index (χ0n) is 35.0. The Kier molecular flexibility index (Phi) is 10.2. The molecule has 12 rings (SSSR count). The first-order chi connectivity index (χ1) is 30.9. The van der Waals surface area contributed by atoms with E-state index in [2.05, 4.69) is 171 Å². The molecule has 0 atom stereocenters. The van der Waals surface area contributed by atoms with Crippen LogP contribution in [0.5, 0.6) is 0 Å². The van der Waals surface area contributed by atoms with Crippen molar-refractivity contribution in [2.75, 3.05) is 0 Å². The monoisotopic (exact) mass is 814 g/mol. The van der Waals surface area contributed by atoms with Gasteiger partial charge in [0.2, 0.25) is 0 Å². The number of nitrogens with one attached hydrogen (secondary N) is 1. The van der Waals surface area contributed by atoms with Crippen molar-refractivity contribution in [1.82, 2.24) is 4.57 Å². The first-order valence-corrected chi connectivity index (χ1v) is 21.3. The molecule has 9 aromatic carbocycles. The van der Waals surface area contributed by atoms with Crippen molar-refractivity contribution < 1.29 is 4.42 Å². The van der Waals surface area contributed by atoms with E-state index in [0.717, 1.165) is 33.0 Å². The number of furan rings is 1. The van der Waals surface area contributed by atoms with Crippen LogP contribution in [-0.4, -0.2) is 10.5 Å². The topological polar surface area (TPSA) is 94.0 Å². The van der Waals surface area contributed by atoms with Gasteiger partial charge in [0.1, 0.15) is 11.2 Å². The van der Waals surface area contributed by atoms with Gasteiger partial charge in [-0.1, -0.05) is 182 Å². The van der Waals surface area contributed by atoms with E-state index in [9.17, 15) is 0 Å². The molecule has 0 spiro atoms. The summed E-state index contributed by atoms with van der Waals surface area (Å²) in [5.41, 5.74) is 27.1. The molecule has 0 saturated heterocycles. The summed E-state index contributed by atoms with van der Waals surface area (Å²) < 4.78 is 7.79. The van der Waals surface area contributed by atoms with Gasteiger partial charge in [-0.25, -0.2) is 0 Å². The van der Waals surface area contributed by atoms with Crippen LogP contribution in [0, 0.1) is 12.3 Å². The Morgan fingerprint density at radius 1 is 0.492 bits per heavy atom. The molecule has 0 bridgehead atoms. The number of nitrogen functional groups attached to an aromatic ring is 1. The van der Waals surface area contributed by atoms with E-state index in [4.69, 9.17) is 21.3 Å². The fourth-order valence-corrected chi connectivity index (χ4v) is 9.47. The Balaban J connectivity index is 0.000000140. The summed E-state index contributed by atoms with van der Waals surface area (Å²) in [6, 6.07) is 76.2. The van der Waals surface area contributed by atoms with Gasteiger partial charge in [0.25, 0.3) is 0 Å². The van der Waals surface area contributed by atoms with Gasteiger partial charge in [-0.2, -0.15) is 0 Å². The summed E-state index contributed by atoms with van der Waals surface area (Å²) >= 11 is 0. The highest BCUT2D eigenvalue weighted by molar-refractivity contribution is 6.15. The van der Waals surface area contributed by atoms with E-state index in [1.54, 1.807) is 0 Å². The molecule has 5 nitrogen and oxygen atoms in total. The Bertz CT molecular complexity index is 3370. The summed E-state index contributed by atoms with van der Waals surface area (Å²) in [5.74, 6) is 0.0247. The third-order valence-corrected chi connectivity index (χ3v) is 12.3. The molecular weight excluding hydrogens is 769 g/mol. The smallest absolute Gasteiger partial charge is 0.197 e. The summed E-state index contributed by atoms with van der Waals surface area (Å²) in [7, 11) is 0. The molecule has 0 saturated carbocycles. The van der Waals surface area contributed by atoms with Crippen LogP contribution in [0.1, 0.15) is 33.4 Å². The van der Waals surface area contributed by atoms with Crippen molar-refractivity contribution in [3.63, 3.8) is 0 Å². The molecule has 1 aliphatic carbocycles. The van der Waals surface area contributed by atoms with E-state index in [1.165, 1.54) is 66.4 Å². The largest absolute Gasteiger partial charge is 0.456 e. The number of para-hydroxylation sites is 1. The van der Waals surface area contributed by atoms with Gasteiger partial charge >= 0.3 is 0 Å². The third kappa shape index (κ3) is 6.85. The molecule has 0 amide bonds. The second-order valence-electron chi connectivity index (χ2n) is 16.0. The maximum absolute atomic E-state index is 8.41. The molecule has 63 heavy (non-hydrogen) atoms. The lowest BCUT2D eigenvalue weighted by atomic mass is 9.67. The molecule has 5 heteroatoms. The van der Waals surface area contributed by atoms with Gasteiger partial charge in [-0.05, 0) is 99.0 Å². The fraction of sp³-hybridized carbons (Fsp3) is 0.0517. The van der Waals surface area contributed by atoms with Gasteiger partial charge in [0.05, 0.1) is 16.4 Å². The molecule has 2 aromatic heterocycles. The van der Waals surface area contributed by atoms with Crippen molar-refractivity contribution in [2.24, 2.45) is 11.5 Å². The summed E-state index contributed by atoms with van der Waals surface area (Å²) in [5, 5.41) is 13.0. The standard InChI is InChI=1S/C32H23N3.C19H14O.C7H9N/c33-31(34)35-29-18-10-8-16-24(29)26-19-25-23-15-7-9-17-27(23)32(28(25)20-30(26)35,21-11-3-1-4-12-21)22-13-5-2-6-14-22;1-13-7-9-16-17-12-15(14-5-3-2-4-6-14)8-10-18(17)20-19(16)11-13;8-6-7-4-2-1-3-5-7/h1-20H,(H3,33,34);2-12H,1H3;1-5H,6,8H2. The van der Waals surface area contributed by atoms with E-state index in [0.29, 0.717) is 6.54 Å². The predicted octanol–water partition coefficient (Wildman–Crippen LogP) is 13.6. The number of aryl methyl sites for hydroxylation is 1. The van der Waals surface area contributed by atoms with Gasteiger partial charge in [-0.3, -0.25) is 9.98 Å². The number of benzene rings is 9. The highest BCUT2D eigenvalue weighted by Gasteiger charge is 2.46.